The maximum Gasteiger partial charge on any atom is 0.257 e. The van der Waals surface area contributed by atoms with Crippen molar-refractivity contribution in [3.8, 4) is 5.75 Å². The van der Waals surface area contributed by atoms with Crippen LogP contribution in [0, 0.1) is 0 Å². The number of carbonyl (C=O) groups is 1. The SMILES string of the molecule is CC[C@@H](Nc1c(Nc2cccc(C(=O)N3CCCC(O)C3)c2O)c(=O)c1=O)c1ccco1. The molecule has 1 unspecified atom stereocenters. The summed E-state index contributed by atoms with van der Waals surface area (Å²) in [6, 6.07) is 7.78. The number of carbonyl (C=O) groups excluding carboxylic acids is 1. The van der Waals surface area contributed by atoms with Crippen LogP contribution in [0.3, 0.4) is 0 Å². The van der Waals surface area contributed by atoms with E-state index >= 15 is 0 Å². The molecule has 2 atom stereocenters. The maximum atomic E-state index is 12.9. The van der Waals surface area contributed by atoms with Gasteiger partial charge in [-0.25, -0.2) is 0 Å². The van der Waals surface area contributed by atoms with Gasteiger partial charge in [0.15, 0.2) is 5.75 Å². The van der Waals surface area contributed by atoms with E-state index in [2.05, 4.69) is 10.6 Å². The van der Waals surface area contributed by atoms with Gasteiger partial charge in [-0.15, -0.1) is 0 Å². The lowest BCUT2D eigenvalue weighted by Gasteiger charge is -2.30. The first-order chi connectivity index (χ1) is 15.4. The molecule has 0 saturated carbocycles. The van der Waals surface area contributed by atoms with Crippen molar-refractivity contribution < 1.29 is 19.4 Å². The zero-order valence-electron chi connectivity index (χ0n) is 17.6. The predicted molar refractivity (Wildman–Crippen MR) is 119 cm³/mol. The Morgan fingerprint density at radius 2 is 2.00 bits per heavy atom. The number of hydrogen-bond donors (Lipinski definition) is 4. The number of hydrogen-bond acceptors (Lipinski definition) is 8. The number of amides is 1. The second-order valence-corrected chi connectivity index (χ2v) is 7.90. The quantitative estimate of drug-likeness (QED) is 0.326. The normalized spacial score (nSPS) is 17.3. The molecule has 0 bridgehead atoms. The number of para-hydroxylation sites is 1. The van der Waals surface area contributed by atoms with Gasteiger partial charge in [-0.1, -0.05) is 13.0 Å². The molecule has 0 spiro atoms. The van der Waals surface area contributed by atoms with Crippen LogP contribution in [0.5, 0.6) is 5.75 Å². The van der Waals surface area contributed by atoms with Gasteiger partial charge in [-0.2, -0.15) is 0 Å². The Morgan fingerprint density at radius 1 is 1.22 bits per heavy atom. The lowest BCUT2D eigenvalue weighted by molar-refractivity contribution is 0.0471. The molecule has 32 heavy (non-hydrogen) atoms. The minimum absolute atomic E-state index is 0.0216. The van der Waals surface area contributed by atoms with Gasteiger partial charge in [0.25, 0.3) is 16.8 Å². The van der Waals surface area contributed by atoms with E-state index in [-0.39, 0.29) is 41.0 Å². The average molecular weight is 439 g/mol. The summed E-state index contributed by atoms with van der Waals surface area (Å²) < 4.78 is 5.40. The summed E-state index contributed by atoms with van der Waals surface area (Å²) in [6.45, 7) is 2.61. The molecule has 9 heteroatoms. The van der Waals surface area contributed by atoms with Crippen LogP contribution < -0.4 is 21.5 Å². The summed E-state index contributed by atoms with van der Waals surface area (Å²) in [6.07, 6.45) is 2.87. The molecule has 1 fully saturated rings. The van der Waals surface area contributed by atoms with Crippen molar-refractivity contribution in [3.05, 3.63) is 68.4 Å². The van der Waals surface area contributed by atoms with Gasteiger partial charge >= 0.3 is 0 Å². The first-order valence-electron chi connectivity index (χ1n) is 10.6. The van der Waals surface area contributed by atoms with E-state index in [1.165, 1.54) is 23.3 Å². The highest BCUT2D eigenvalue weighted by molar-refractivity contribution is 5.99. The van der Waals surface area contributed by atoms with Gasteiger partial charge in [0.2, 0.25) is 0 Å². The molecule has 1 amide bonds. The van der Waals surface area contributed by atoms with Crippen LogP contribution in [0.4, 0.5) is 17.1 Å². The van der Waals surface area contributed by atoms with E-state index in [9.17, 15) is 24.6 Å². The topological polar surface area (TPSA) is 132 Å². The first kappa shape index (κ1) is 21.6. The number of furan rings is 1. The Bertz CT molecular complexity index is 1180. The molecule has 4 N–H and O–H groups in total. The Morgan fingerprint density at radius 3 is 2.69 bits per heavy atom. The number of rotatable bonds is 7. The van der Waals surface area contributed by atoms with Gasteiger partial charge in [0.1, 0.15) is 17.1 Å². The molecule has 168 valence electrons. The van der Waals surface area contributed by atoms with E-state index in [0.717, 1.165) is 0 Å². The Labute approximate surface area is 184 Å². The van der Waals surface area contributed by atoms with Crippen LogP contribution in [0.1, 0.15) is 48.3 Å². The third-order valence-corrected chi connectivity index (χ3v) is 5.73. The van der Waals surface area contributed by atoms with Crippen molar-refractivity contribution in [3.63, 3.8) is 0 Å². The average Bonchev–Trinajstić information content (AvgIpc) is 3.33. The standard InChI is InChI=1S/C23H25N3O6/c1-2-15(17-9-5-11-32-17)24-18-19(22(30)21(18)29)25-16-8-3-7-14(20(16)28)23(31)26-10-4-6-13(27)12-26/h3,5,7-9,11,13,15,24-25,27-28H,2,4,6,10,12H2,1H3/t13?,15-/m1/s1. The van der Waals surface area contributed by atoms with E-state index in [4.69, 9.17) is 4.42 Å². The van der Waals surface area contributed by atoms with Crippen molar-refractivity contribution in [1.29, 1.82) is 0 Å². The van der Waals surface area contributed by atoms with Gasteiger partial charge < -0.3 is 30.2 Å². The summed E-state index contributed by atoms with van der Waals surface area (Å²) in [7, 11) is 0. The molecule has 0 radical (unpaired) electrons. The fourth-order valence-corrected chi connectivity index (χ4v) is 3.95. The number of aliphatic hydroxyl groups is 1. The lowest BCUT2D eigenvalue weighted by atomic mass is 10.1. The maximum absolute atomic E-state index is 12.9. The van der Waals surface area contributed by atoms with Crippen molar-refractivity contribution in [2.24, 2.45) is 0 Å². The van der Waals surface area contributed by atoms with Gasteiger partial charge in [-0.05, 0) is 43.5 Å². The van der Waals surface area contributed by atoms with E-state index < -0.39 is 22.9 Å². The minimum atomic E-state index is -0.711. The second-order valence-electron chi connectivity index (χ2n) is 7.90. The van der Waals surface area contributed by atoms with Gasteiger partial charge in [0, 0.05) is 13.1 Å². The number of benzene rings is 1. The van der Waals surface area contributed by atoms with Gasteiger partial charge in [-0.3, -0.25) is 14.4 Å². The van der Waals surface area contributed by atoms with E-state index in [1.54, 1.807) is 18.2 Å². The zero-order valence-corrected chi connectivity index (χ0v) is 17.6. The van der Waals surface area contributed by atoms with E-state index in [1.807, 2.05) is 6.92 Å². The largest absolute Gasteiger partial charge is 0.505 e. The summed E-state index contributed by atoms with van der Waals surface area (Å²) in [4.78, 5) is 38.8. The number of piperidine rings is 1. The molecular formula is C23H25N3O6. The number of likely N-dealkylation sites (tertiary alicyclic amines) is 1. The van der Waals surface area contributed by atoms with Crippen molar-refractivity contribution >= 4 is 23.0 Å². The molecule has 0 aliphatic carbocycles. The highest BCUT2D eigenvalue weighted by Crippen LogP contribution is 2.33. The lowest BCUT2D eigenvalue weighted by Crippen LogP contribution is -2.42. The third kappa shape index (κ3) is 3.99. The second kappa shape index (κ2) is 8.88. The number of β-amino-alcohol motifs (C(OH)–C–C–N with tert-alkyl or cyclic N) is 1. The van der Waals surface area contributed by atoms with Crippen LogP contribution >= 0.6 is 0 Å². The minimum Gasteiger partial charge on any atom is -0.505 e. The van der Waals surface area contributed by atoms with Crippen LogP contribution in [0.2, 0.25) is 0 Å². The number of nitrogens with zero attached hydrogens (tertiary/aromatic N) is 1. The highest BCUT2D eigenvalue weighted by atomic mass is 16.3. The van der Waals surface area contributed by atoms with E-state index in [0.29, 0.717) is 31.6 Å². The molecule has 1 aliphatic rings. The monoisotopic (exact) mass is 439 g/mol. The summed E-state index contributed by atoms with van der Waals surface area (Å²) in [5.41, 5.74) is -1.06. The molecule has 2 aromatic carbocycles. The van der Waals surface area contributed by atoms with Crippen molar-refractivity contribution in [1.82, 2.24) is 4.90 Å². The number of nitrogens with one attached hydrogen (secondary N) is 2. The Hall–Kier alpha value is -3.59. The molecule has 4 rings (SSSR count). The summed E-state index contributed by atoms with van der Waals surface area (Å²) >= 11 is 0. The summed E-state index contributed by atoms with van der Waals surface area (Å²) in [5, 5.41) is 26.4. The van der Waals surface area contributed by atoms with Crippen LogP contribution in [-0.2, 0) is 0 Å². The third-order valence-electron chi connectivity index (χ3n) is 5.73. The molecule has 3 aromatic rings. The fraction of sp³-hybridized carbons (Fsp3) is 0.348. The Balaban J connectivity index is 1.57. The number of phenols is 1. The molecule has 1 aliphatic heterocycles. The smallest absolute Gasteiger partial charge is 0.257 e. The number of aromatic hydroxyl groups is 1. The molecule has 9 nitrogen and oxygen atoms in total. The molecule has 1 saturated heterocycles. The zero-order chi connectivity index (χ0) is 22.8. The van der Waals surface area contributed by atoms with Crippen molar-refractivity contribution in [2.45, 2.75) is 38.3 Å². The van der Waals surface area contributed by atoms with Crippen molar-refractivity contribution in [2.75, 3.05) is 23.7 Å². The summed E-state index contributed by atoms with van der Waals surface area (Å²) in [5.74, 6) is -0.0996. The molecule has 2 heterocycles. The number of phenolic OH excluding ortho intramolecular Hbond substituents is 1. The van der Waals surface area contributed by atoms with Crippen LogP contribution in [-0.4, -0.2) is 40.2 Å². The van der Waals surface area contributed by atoms with Crippen LogP contribution in [0.15, 0.2) is 50.6 Å². The van der Waals surface area contributed by atoms with Gasteiger partial charge in [0.05, 0.1) is 29.7 Å². The van der Waals surface area contributed by atoms with Crippen LogP contribution in [0.25, 0.3) is 0 Å². The number of anilines is 3. The fourth-order valence-electron chi connectivity index (χ4n) is 3.95. The predicted octanol–water partition coefficient (Wildman–Crippen LogP) is 2.48. The first-order valence-corrected chi connectivity index (χ1v) is 10.6. The number of aliphatic hydroxyl groups excluding tert-OH is 1. The molecular weight excluding hydrogens is 414 g/mol. The molecule has 1 aromatic heterocycles. The Kier molecular flexibility index (Phi) is 6.00. The highest BCUT2D eigenvalue weighted by Gasteiger charge is 2.28.